The number of aromatic nitrogens is 1. The van der Waals surface area contributed by atoms with Crippen molar-refractivity contribution in [3.05, 3.63) is 71.9 Å². The average Bonchev–Trinajstić information content (AvgIpc) is 3.00. The van der Waals surface area contributed by atoms with E-state index in [1.165, 1.54) is 16.5 Å². The maximum Gasteiger partial charge on any atom is 0.166 e. The first-order valence-electron chi connectivity index (χ1n) is 8.30. The number of benzene rings is 2. The number of thiocarbonyl (C=S) groups is 1. The van der Waals surface area contributed by atoms with Gasteiger partial charge in [0.25, 0.3) is 0 Å². The number of aromatic amines is 1. The maximum absolute atomic E-state index is 5.39. The first-order chi connectivity index (χ1) is 11.6. The molecule has 0 bridgehead atoms. The van der Waals surface area contributed by atoms with E-state index in [4.69, 9.17) is 12.2 Å². The van der Waals surface area contributed by atoms with Crippen LogP contribution < -0.4 is 10.6 Å². The van der Waals surface area contributed by atoms with Crippen molar-refractivity contribution in [2.24, 2.45) is 0 Å². The Balaban J connectivity index is 1.90. The maximum atomic E-state index is 5.39. The molecule has 0 aliphatic carbocycles. The number of hydrogen-bond acceptors (Lipinski definition) is 1. The molecule has 0 spiro atoms. The second kappa shape index (κ2) is 7.49. The molecule has 0 unspecified atom stereocenters. The summed E-state index contributed by atoms with van der Waals surface area (Å²) in [5, 5.41) is 8.58. The smallest absolute Gasteiger partial charge is 0.166 e. The van der Waals surface area contributed by atoms with Crippen molar-refractivity contribution in [2.45, 2.75) is 25.8 Å². The fourth-order valence-corrected chi connectivity index (χ4v) is 3.30. The molecule has 0 amide bonds. The third-order valence-electron chi connectivity index (χ3n) is 4.09. The van der Waals surface area contributed by atoms with E-state index in [2.05, 4.69) is 84.2 Å². The number of hydrogen-bond donors (Lipinski definition) is 3. The summed E-state index contributed by atoms with van der Waals surface area (Å²) >= 11 is 5.39. The van der Waals surface area contributed by atoms with Crippen LogP contribution in [0.15, 0.2) is 60.8 Å². The van der Waals surface area contributed by atoms with Crippen molar-refractivity contribution >= 4 is 28.2 Å². The van der Waals surface area contributed by atoms with Gasteiger partial charge >= 0.3 is 0 Å². The Hall–Kier alpha value is -2.33. The molecular formula is C20H23N3S. The monoisotopic (exact) mass is 337 g/mol. The summed E-state index contributed by atoms with van der Waals surface area (Å²) in [6, 6.07) is 19.3. The minimum absolute atomic E-state index is 0.231. The Bertz CT molecular complexity index is 808. The van der Waals surface area contributed by atoms with Gasteiger partial charge in [-0.25, -0.2) is 0 Å². The van der Waals surface area contributed by atoms with Crippen LogP contribution in [0.4, 0.5) is 0 Å². The van der Waals surface area contributed by atoms with Crippen LogP contribution >= 0.6 is 12.2 Å². The molecule has 1 aromatic heterocycles. The number of nitrogens with one attached hydrogen (secondary N) is 3. The zero-order chi connectivity index (χ0) is 16.9. The van der Waals surface area contributed by atoms with Crippen molar-refractivity contribution in [1.29, 1.82) is 0 Å². The Morgan fingerprint density at radius 1 is 1.04 bits per heavy atom. The molecule has 3 nitrogen and oxygen atoms in total. The van der Waals surface area contributed by atoms with Crippen LogP contribution in [0.2, 0.25) is 0 Å². The van der Waals surface area contributed by atoms with Crippen molar-refractivity contribution in [3.8, 4) is 0 Å². The molecule has 4 heteroatoms. The van der Waals surface area contributed by atoms with E-state index in [0.29, 0.717) is 11.2 Å². The minimum Gasteiger partial charge on any atom is -0.362 e. The summed E-state index contributed by atoms with van der Waals surface area (Å²) < 4.78 is 0. The Kier molecular flexibility index (Phi) is 5.16. The van der Waals surface area contributed by atoms with Gasteiger partial charge in [-0.3, -0.25) is 0 Å². The van der Waals surface area contributed by atoms with Crippen LogP contribution in [0, 0.1) is 0 Å². The van der Waals surface area contributed by atoms with Gasteiger partial charge in [0.15, 0.2) is 5.11 Å². The predicted octanol–water partition coefficient (Wildman–Crippen LogP) is 4.17. The fourth-order valence-electron chi connectivity index (χ4n) is 2.98. The highest BCUT2D eigenvalue weighted by molar-refractivity contribution is 7.80. The Labute approximate surface area is 148 Å². The highest BCUT2D eigenvalue weighted by Crippen LogP contribution is 2.30. The van der Waals surface area contributed by atoms with Crippen LogP contribution in [0.1, 0.15) is 30.9 Å². The SMILES string of the molecule is CC(C)NC(=S)NC[C@H](c1ccccc1)c1c[nH]c2ccccc12. The summed E-state index contributed by atoms with van der Waals surface area (Å²) in [5.41, 5.74) is 3.73. The second-order valence-corrected chi connectivity index (χ2v) is 6.67. The van der Waals surface area contributed by atoms with E-state index < -0.39 is 0 Å². The summed E-state index contributed by atoms with van der Waals surface area (Å²) in [7, 11) is 0. The van der Waals surface area contributed by atoms with E-state index in [-0.39, 0.29) is 5.92 Å². The number of fused-ring (bicyclic) bond motifs is 1. The summed E-state index contributed by atoms with van der Waals surface area (Å²) in [6.45, 7) is 4.93. The van der Waals surface area contributed by atoms with Gasteiger partial charge in [0.2, 0.25) is 0 Å². The zero-order valence-corrected chi connectivity index (χ0v) is 14.9. The number of para-hydroxylation sites is 1. The van der Waals surface area contributed by atoms with Gasteiger partial charge < -0.3 is 15.6 Å². The molecule has 1 atom stereocenters. The number of H-pyrrole nitrogens is 1. The van der Waals surface area contributed by atoms with Gasteiger partial charge in [-0.1, -0.05) is 48.5 Å². The largest absolute Gasteiger partial charge is 0.362 e. The lowest BCUT2D eigenvalue weighted by Gasteiger charge is -2.20. The molecule has 0 aliphatic heterocycles. The lowest BCUT2D eigenvalue weighted by Crippen LogP contribution is -2.41. The van der Waals surface area contributed by atoms with Crippen LogP contribution in [-0.4, -0.2) is 22.7 Å². The van der Waals surface area contributed by atoms with E-state index in [0.717, 1.165) is 12.1 Å². The van der Waals surface area contributed by atoms with E-state index in [1.54, 1.807) is 0 Å². The van der Waals surface area contributed by atoms with Gasteiger partial charge in [-0.05, 0) is 43.3 Å². The number of rotatable bonds is 5. The lowest BCUT2D eigenvalue weighted by atomic mass is 9.91. The summed E-state index contributed by atoms with van der Waals surface area (Å²) in [5.74, 6) is 0.231. The van der Waals surface area contributed by atoms with E-state index in [1.807, 2.05) is 6.07 Å². The lowest BCUT2D eigenvalue weighted by molar-refractivity contribution is 0.693. The average molecular weight is 337 g/mol. The van der Waals surface area contributed by atoms with Gasteiger partial charge in [0.05, 0.1) is 0 Å². The zero-order valence-electron chi connectivity index (χ0n) is 14.0. The van der Waals surface area contributed by atoms with Crippen molar-refractivity contribution in [2.75, 3.05) is 6.54 Å². The quantitative estimate of drug-likeness (QED) is 0.612. The van der Waals surface area contributed by atoms with E-state index in [9.17, 15) is 0 Å². The van der Waals surface area contributed by atoms with Crippen LogP contribution in [0.25, 0.3) is 10.9 Å². The molecular weight excluding hydrogens is 314 g/mol. The van der Waals surface area contributed by atoms with Gasteiger partial charge in [0.1, 0.15) is 0 Å². The fraction of sp³-hybridized carbons (Fsp3) is 0.250. The molecule has 1 heterocycles. The summed E-state index contributed by atoms with van der Waals surface area (Å²) in [6.07, 6.45) is 2.11. The first kappa shape index (κ1) is 16.5. The highest BCUT2D eigenvalue weighted by Gasteiger charge is 2.18. The molecule has 0 aliphatic rings. The van der Waals surface area contributed by atoms with Crippen LogP contribution in [0.3, 0.4) is 0 Å². The van der Waals surface area contributed by atoms with Crippen LogP contribution in [0.5, 0.6) is 0 Å². The van der Waals surface area contributed by atoms with Crippen molar-refractivity contribution < 1.29 is 0 Å². The molecule has 3 N–H and O–H groups in total. The van der Waals surface area contributed by atoms with Crippen molar-refractivity contribution in [3.63, 3.8) is 0 Å². The third-order valence-corrected chi connectivity index (χ3v) is 4.35. The molecule has 0 saturated carbocycles. The molecule has 124 valence electrons. The van der Waals surface area contributed by atoms with Crippen molar-refractivity contribution in [1.82, 2.24) is 15.6 Å². The topological polar surface area (TPSA) is 39.8 Å². The predicted molar refractivity (Wildman–Crippen MR) is 105 cm³/mol. The standard InChI is InChI=1S/C20H23N3S/c1-14(2)23-20(24)22-12-17(15-8-4-3-5-9-15)18-13-21-19-11-7-6-10-16(18)19/h3-11,13-14,17,21H,12H2,1-2H3,(H2,22,23,24)/t17-/m1/s1. The molecule has 3 aromatic rings. The molecule has 2 aromatic carbocycles. The highest BCUT2D eigenvalue weighted by atomic mass is 32.1. The minimum atomic E-state index is 0.231. The third kappa shape index (κ3) is 3.77. The van der Waals surface area contributed by atoms with Gasteiger partial charge in [0, 0.05) is 35.6 Å². The molecule has 0 fully saturated rings. The van der Waals surface area contributed by atoms with Gasteiger partial charge in [-0.2, -0.15) is 0 Å². The second-order valence-electron chi connectivity index (χ2n) is 6.26. The Morgan fingerprint density at radius 3 is 2.50 bits per heavy atom. The van der Waals surface area contributed by atoms with Gasteiger partial charge in [-0.15, -0.1) is 0 Å². The molecule has 0 saturated heterocycles. The van der Waals surface area contributed by atoms with Crippen LogP contribution in [-0.2, 0) is 0 Å². The molecule has 3 rings (SSSR count). The summed E-state index contributed by atoms with van der Waals surface area (Å²) in [4.78, 5) is 3.38. The normalized spacial score (nSPS) is 12.3. The molecule has 24 heavy (non-hydrogen) atoms. The Morgan fingerprint density at radius 2 is 1.75 bits per heavy atom. The first-order valence-corrected chi connectivity index (χ1v) is 8.71. The molecule has 0 radical (unpaired) electrons. The van der Waals surface area contributed by atoms with E-state index >= 15 is 0 Å².